The summed E-state index contributed by atoms with van der Waals surface area (Å²) < 4.78 is 4.84. The number of amides is 2. The minimum atomic E-state index is -0.518. The smallest absolute Gasteiger partial charge is 0.249 e. The maximum Gasteiger partial charge on any atom is 0.249 e. The standard InChI is InChI=1S/C10H19N3O3/c1-8(16-2)10(15)12-7-9(14)13-5-3-11-4-6-13/h8,11H,3-7H2,1-2H3,(H,12,15). The van der Waals surface area contributed by atoms with Crippen molar-refractivity contribution in [3.8, 4) is 0 Å². The van der Waals surface area contributed by atoms with Gasteiger partial charge in [-0.25, -0.2) is 0 Å². The molecular formula is C10H19N3O3. The lowest BCUT2D eigenvalue weighted by Gasteiger charge is -2.27. The van der Waals surface area contributed by atoms with Crippen LogP contribution in [0.4, 0.5) is 0 Å². The van der Waals surface area contributed by atoms with E-state index in [9.17, 15) is 9.59 Å². The zero-order valence-electron chi connectivity index (χ0n) is 9.78. The summed E-state index contributed by atoms with van der Waals surface area (Å²) in [7, 11) is 1.46. The van der Waals surface area contributed by atoms with Gasteiger partial charge in [0.15, 0.2) is 0 Å². The lowest BCUT2D eigenvalue weighted by molar-refractivity contribution is -0.136. The molecule has 0 aromatic carbocycles. The molecule has 1 aliphatic heterocycles. The van der Waals surface area contributed by atoms with E-state index in [0.717, 1.165) is 13.1 Å². The summed E-state index contributed by atoms with van der Waals surface area (Å²) >= 11 is 0. The number of piperazine rings is 1. The monoisotopic (exact) mass is 229 g/mol. The van der Waals surface area contributed by atoms with Gasteiger partial charge in [-0.15, -0.1) is 0 Å². The van der Waals surface area contributed by atoms with E-state index in [0.29, 0.717) is 13.1 Å². The van der Waals surface area contributed by atoms with E-state index < -0.39 is 6.10 Å². The lowest BCUT2D eigenvalue weighted by Crippen LogP contribution is -2.50. The molecule has 1 heterocycles. The predicted octanol–water partition coefficient (Wildman–Crippen LogP) is -1.43. The van der Waals surface area contributed by atoms with Gasteiger partial charge in [0.25, 0.3) is 0 Å². The zero-order chi connectivity index (χ0) is 12.0. The number of hydrogen-bond donors (Lipinski definition) is 2. The van der Waals surface area contributed by atoms with Crippen molar-refractivity contribution in [3.05, 3.63) is 0 Å². The first kappa shape index (κ1) is 12.9. The summed E-state index contributed by atoms with van der Waals surface area (Å²) in [6.45, 7) is 4.72. The van der Waals surface area contributed by atoms with Gasteiger partial charge in [0.05, 0.1) is 6.54 Å². The second kappa shape index (κ2) is 6.44. The summed E-state index contributed by atoms with van der Waals surface area (Å²) in [5, 5.41) is 5.72. The molecule has 92 valence electrons. The van der Waals surface area contributed by atoms with Crippen LogP contribution in [-0.4, -0.2) is 62.7 Å². The maximum absolute atomic E-state index is 11.7. The summed E-state index contributed by atoms with van der Waals surface area (Å²) in [4.78, 5) is 24.7. The Balaban J connectivity index is 2.26. The molecule has 1 atom stereocenters. The highest BCUT2D eigenvalue weighted by Gasteiger charge is 2.18. The molecule has 2 amide bonds. The molecule has 0 radical (unpaired) electrons. The molecule has 6 heteroatoms. The summed E-state index contributed by atoms with van der Waals surface area (Å²) in [6, 6.07) is 0. The van der Waals surface area contributed by atoms with Crippen molar-refractivity contribution in [3.63, 3.8) is 0 Å². The topological polar surface area (TPSA) is 70.7 Å². The number of rotatable bonds is 4. The Morgan fingerprint density at radius 3 is 2.62 bits per heavy atom. The Kier molecular flexibility index (Phi) is 5.21. The van der Waals surface area contributed by atoms with Crippen LogP contribution in [-0.2, 0) is 14.3 Å². The SMILES string of the molecule is COC(C)C(=O)NCC(=O)N1CCNCC1. The molecule has 1 unspecified atom stereocenters. The normalized spacial score (nSPS) is 18.0. The van der Waals surface area contributed by atoms with Crippen molar-refractivity contribution < 1.29 is 14.3 Å². The number of carbonyl (C=O) groups excluding carboxylic acids is 2. The van der Waals surface area contributed by atoms with Crippen LogP contribution in [0.1, 0.15) is 6.92 Å². The van der Waals surface area contributed by atoms with Crippen molar-refractivity contribution in [1.29, 1.82) is 0 Å². The largest absolute Gasteiger partial charge is 0.372 e. The first-order valence-electron chi connectivity index (χ1n) is 5.44. The third-order valence-corrected chi connectivity index (χ3v) is 2.61. The lowest BCUT2D eigenvalue weighted by atomic mass is 10.3. The van der Waals surface area contributed by atoms with Gasteiger partial charge < -0.3 is 20.3 Å². The molecule has 1 aliphatic rings. The Morgan fingerprint density at radius 2 is 2.06 bits per heavy atom. The minimum Gasteiger partial charge on any atom is -0.372 e. The summed E-state index contributed by atoms with van der Waals surface area (Å²) in [5.41, 5.74) is 0. The molecule has 0 aliphatic carbocycles. The Bertz CT molecular complexity index is 252. The molecular weight excluding hydrogens is 210 g/mol. The molecule has 0 spiro atoms. The van der Waals surface area contributed by atoms with Crippen LogP contribution in [0.25, 0.3) is 0 Å². The number of methoxy groups -OCH3 is 1. The van der Waals surface area contributed by atoms with Crippen LogP contribution in [0.15, 0.2) is 0 Å². The van der Waals surface area contributed by atoms with E-state index >= 15 is 0 Å². The average molecular weight is 229 g/mol. The minimum absolute atomic E-state index is 0.0434. The highest BCUT2D eigenvalue weighted by atomic mass is 16.5. The molecule has 1 rings (SSSR count). The first-order valence-corrected chi connectivity index (χ1v) is 5.44. The van der Waals surface area contributed by atoms with E-state index in [1.807, 2.05) is 0 Å². The quantitative estimate of drug-likeness (QED) is 0.620. The fourth-order valence-electron chi connectivity index (χ4n) is 1.44. The van der Waals surface area contributed by atoms with Gasteiger partial charge in [0.2, 0.25) is 11.8 Å². The number of hydrogen-bond acceptors (Lipinski definition) is 4. The second-order valence-electron chi connectivity index (χ2n) is 3.73. The van der Waals surface area contributed by atoms with Crippen LogP contribution in [0.3, 0.4) is 0 Å². The summed E-state index contributed by atoms with van der Waals surface area (Å²) in [6.07, 6.45) is -0.518. The molecule has 1 saturated heterocycles. The fraction of sp³-hybridized carbons (Fsp3) is 0.800. The average Bonchev–Trinajstić information content (AvgIpc) is 2.35. The van der Waals surface area contributed by atoms with Crippen LogP contribution in [0.2, 0.25) is 0 Å². The molecule has 1 fully saturated rings. The highest BCUT2D eigenvalue weighted by molar-refractivity contribution is 5.86. The molecule has 0 saturated carbocycles. The highest BCUT2D eigenvalue weighted by Crippen LogP contribution is 1.93. The van der Waals surface area contributed by atoms with E-state index in [2.05, 4.69) is 10.6 Å². The van der Waals surface area contributed by atoms with Crippen molar-refractivity contribution in [1.82, 2.24) is 15.5 Å². The Hall–Kier alpha value is -1.14. The molecule has 0 bridgehead atoms. The van der Waals surface area contributed by atoms with Crippen LogP contribution in [0.5, 0.6) is 0 Å². The van der Waals surface area contributed by atoms with Gasteiger partial charge in [0.1, 0.15) is 6.10 Å². The van der Waals surface area contributed by atoms with Gasteiger partial charge in [0, 0.05) is 33.3 Å². The first-order chi connectivity index (χ1) is 7.65. The third kappa shape index (κ3) is 3.79. The van der Waals surface area contributed by atoms with E-state index in [1.165, 1.54) is 7.11 Å². The summed E-state index contributed by atoms with van der Waals surface area (Å²) in [5.74, 6) is -0.302. The zero-order valence-corrected chi connectivity index (χ0v) is 9.78. The van der Waals surface area contributed by atoms with Crippen molar-refractivity contribution in [2.24, 2.45) is 0 Å². The molecule has 0 aromatic rings. The second-order valence-corrected chi connectivity index (χ2v) is 3.73. The molecule has 2 N–H and O–H groups in total. The van der Waals surface area contributed by atoms with Crippen molar-refractivity contribution >= 4 is 11.8 Å². The van der Waals surface area contributed by atoms with Gasteiger partial charge >= 0.3 is 0 Å². The van der Waals surface area contributed by atoms with E-state index in [-0.39, 0.29) is 18.4 Å². The van der Waals surface area contributed by atoms with Gasteiger partial charge in [-0.3, -0.25) is 9.59 Å². The maximum atomic E-state index is 11.7. The van der Waals surface area contributed by atoms with Crippen LogP contribution < -0.4 is 10.6 Å². The predicted molar refractivity (Wildman–Crippen MR) is 58.9 cm³/mol. The molecule has 0 aromatic heterocycles. The Morgan fingerprint density at radius 1 is 1.44 bits per heavy atom. The van der Waals surface area contributed by atoms with E-state index in [1.54, 1.807) is 11.8 Å². The number of carbonyl (C=O) groups is 2. The number of nitrogens with zero attached hydrogens (tertiary/aromatic N) is 1. The van der Waals surface area contributed by atoms with E-state index in [4.69, 9.17) is 4.74 Å². The fourth-order valence-corrected chi connectivity index (χ4v) is 1.44. The number of ether oxygens (including phenoxy) is 1. The van der Waals surface area contributed by atoms with Crippen molar-refractivity contribution in [2.75, 3.05) is 39.8 Å². The van der Waals surface area contributed by atoms with Gasteiger partial charge in [-0.2, -0.15) is 0 Å². The van der Waals surface area contributed by atoms with Gasteiger partial charge in [-0.1, -0.05) is 0 Å². The molecule has 6 nitrogen and oxygen atoms in total. The van der Waals surface area contributed by atoms with Crippen LogP contribution >= 0.6 is 0 Å². The molecule has 16 heavy (non-hydrogen) atoms. The third-order valence-electron chi connectivity index (χ3n) is 2.61. The van der Waals surface area contributed by atoms with Gasteiger partial charge in [-0.05, 0) is 6.92 Å². The van der Waals surface area contributed by atoms with Crippen LogP contribution in [0, 0.1) is 0 Å². The van der Waals surface area contributed by atoms with Crippen molar-refractivity contribution in [2.45, 2.75) is 13.0 Å². The number of nitrogens with one attached hydrogen (secondary N) is 2. The Labute approximate surface area is 95.3 Å².